The van der Waals surface area contributed by atoms with Gasteiger partial charge in [0.25, 0.3) is 11.6 Å². The van der Waals surface area contributed by atoms with Gasteiger partial charge in [0.2, 0.25) is 0 Å². The van der Waals surface area contributed by atoms with Crippen molar-refractivity contribution in [3.05, 3.63) is 70.5 Å². The second-order valence-corrected chi connectivity index (χ2v) is 5.75. The summed E-state index contributed by atoms with van der Waals surface area (Å²) in [6, 6.07) is 11.0. The minimum Gasteiger partial charge on any atom is -0.496 e. The number of benzene rings is 2. The molecule has 27 heavy (non-hydrogen) atoms. The number of rotatable bonds is 4. The number of carbonyl (C=O) groups is 1. The zero-order valence-corrected chi connectivity index (χ0v) is 14.1. The molecule has 4 rings (SSSR count). The molecular weight excluding hydrogens is 350 g/mol. The summed E-state index contributed by atoms with van der Waals surface area (Å²) >= 11 is 0. The molecule has 0 saturated carbocycles. The van der Waals surface area contributed by atoms with Crippen LogP contribution in [0.25, 0.3) is 21.9 Å². The molecule has 0 saturated heterocycles. The van der Waals surface area contributed by atoms with Crippen LogP contribution in [0.3, 0.4) is 0 Å². The number of ether oxygens (including phenoxy) is 1. The standard InChI is InChI=1S/C19H13N3O5/c1-26-15-6-7-16-17(13-9-12(22(24)25)4-5-14(13)27-16)18(15)19(23)21-11-3-2-8-20-10-11/h2-10H,1H3,(H,21,23). The summed E-state index contributed by atoms with van der Waals surface area (Å²) in [4.78, 5) is 27.6. The van der Waals surface area contributed by atoms with Crippen LogP contribution in [0.2, 0.25) is 0 Å². The number of hydrogen-bond donors (Lipinski definition) is 1. The summed E-state index contributed by atoms with van der Waals surface area (Å²) < 4.78 is 11.1. The Balaban J connectivity index is 1.96. The number of hydrogen-bond acceptors (Lipinski definition) is 6. The number of nitro groups is 1. The van der Waals surface area contributed by atoms with Gasteiger partial charge in [0.15, 0.2) is 0 Å². The molecule has 1 N–H and O–H groups in total. The Kier molecular flexibility index (Phi) is 3.92. The molecule has 4 aromatic rings. The number of methoxy groups -OCH3 is 1. The molecule has 8 heteroatoms. The summed E-state index contributed by atoms with van der Waals surface area (Å²) in [7, 11) is 1.45. The smallest absolute Gasteiger partial charge is 0.270 e. The number of non-ortho nitro benzene ring substituents is 1. The van der Waals surface area contributed by atoms with E-state index in [0.717, 1.165) is 0 Å². The minimum absolute atomic E-state index is 0.0911. The molecule has 134 valence electrons. The van der Waals surface area contributed by atoms with E-state index < -0.39 is 10.8 Å². The van der Waals surface area contributed by atoms with Gasteiger partial charge in [0, 0.05) is 29.1 Å². The van der Waals surface area contributed by atoms with Crippen molar-refractivity contribution in [2.75, 3.05) is 12.4 Å². The Bertz CT molecular complexity index is 1180. The maximum absolute atomic E-state index is 13.0. The fraction of sp³-hybridized carbons (Fsp3) is 0.0526. The zero-order chi connectivity index (χ0) is 19.0. The first-order chi connectivity index (χ1) is 13.1. The minimum atomic E-state index is -0.492. The SMILES string of the molecule is COc1ccc2oc3ccc([N+](=O)[O-])cc3c2c1C(=O)Nc1cccnc1. The number of furan rings is 1. The highest BCUT2D eigenvalue weighted by molar-refractivity contribution is 6.21. The first-order valence-electron chi connectivity index (χ1n) is 7.97. The molecule has 2 heterocycles. The Labute approximate surface area is 152 Å². The predicted octanol–water partition coefficient (Wildman–Crippen LogP) is 4.15. The maximum Gasteiger partial charge on any atom is 0.270 e. The lowest BCUT2D eigenvalue weighted by molar-refractivity contribution is -0.384. The van der Waals surface area contributed by atoms with Gasteiger partial charge < -0.3 is 14.5 Å². The molecule has 0 unspecified atom stereocenters. The van der Waals surface area contributed by atoms with Crippen LogP contribution >= 0.6 is 0 Å². The summed E-state index contributed by atoms with van der Waals surface area (Å²) in [5.41, 5.74) is 1.53. The van der Waals surface area contributed by atoms with Gasteiger partial charge in [-0.05, 0) is 30.3 Å². The van der Waals surface area contributed by atoms with E-state index in [-0.39, 0.29) is 11.3 Å². The fourth-order valence-electron chi connectivity index (χ4n) is 2.98. The van der Waals surface area contributed by atoms with E-state index in [2.05, 4.69) is 10.3 Å². The van der Waals surface area contributed by atoms with Gasteiger partial charge in [0.1, 0.15) is 16.9 Å². The lowest BCUT2D eigenvalue weighted by Gasteiger charge is -2.10. The van der Waals surface area contributed by atoms with Crippen molar-refractivity contribution in [2.24, 2.45) is 0 Å². The zero-order valence-electron chi connectivity index (χ0n) is 14.1. The maximum atomic E-state index is 13.0. The molecule has 0 radical (unpaired) electrons. The Morgan fingerprint density at radius 1 is 1.22 bits per heavy atom. The van der Waals surface area contributed by atoms with Crippen molar-refractivity contribution in [1.29, 1.82) is 0 Å². The third-order valence-corrected chi connectivity index (χ3v) is 4.16. The van der Waals surface area contributed by atoms with Crippen LogP contribution in [-0.2, 0) is 0 Å². The van der Waals surface area contributed by atoms with Crippen LogP contribution < -0.4 is 10.1 Å². The van der Waals surface area contributed by atoms with E-state index in [4.69, 9.17) is 9.15 Å². The van der Waals surface area contributed by atoms with Crippen molar-refractivity contribution in [3.63, 3.8) is 0 Å². The fourth-order valence-corrected chi connectivity index (χ4v) is 2.98. The van der Waals surface area contributed by atoms with Gasteiger partial charge in [-0.2, -0.15) is 0 Å². The largest absolute Gasteiger partial charge is 0.496 e. The Morgan fingerprint density at radius 2 is 2.04 bits per heavy atom. The second-order valence-electron chi connectivity index (χ2n) is 5.75. The van der Waals surface area contributed by atoms with E-state index in [1.54, 1.807) is 30.5 Å². The Hall–Kier alpha value is -3.94. The average Bonchev–Trinajstić information content (AvgIpc) is 3.05. The van der Waals surface area contributed by atoms with E-state index in [1.165, 1.54) is 31.5 Å². The van der Waals surface area contributed by atoms with Crippen molar-refractivity contribution in [1.82, 2.24) is 4.98 Å². The third-order valence-electron chi connectivity index (χ3n) is 4.16. The number of pyridine rings is 1. The second kappa shape index (κ2) is 6.41. The van der Waals surface area contributed by atoms with Crippen molar-refractivity contribution >= 4 is 39.2 Å². The molecule has 0 aliphatic rings. The highest BCUT2D eigenvalue weighted by Crippen LogP contribution is 2.37. The van der Waals surface area contributed by atoms with Crippen LogP contribution in [-0.4, -0.2) is 22.9 Å². The highest BCUT2D eigenvalue weighted by atomic mass is 16.6. The molecule has 0 aliphatic heterocycles. The van der Waals surface area contributed by atoms with Gasteiger partial charge in [-0.3, -0.25) is 19.9 Å². The van der Waals surface area contributed by atoms with E-state index >= 15 is 0 Å². The van der Waals surface area contributed by atoms with Crippen LogP contribution in [0.4, 0.5) is 11.4 Å². The summed E-state index contributed by atoms with van der Waals surface area (Å²) in [6.07, 6.45) is 3.11. The van der Waals surface area contributed by atoms with Crippen LogP contribution in [0, 0.1) is 10.1 Å². The predicted molar refractivity (Wildman–Crippen MR) is 99.1 cm³/mol. The third kappa shape index (κ3) is 2.82. The van der Waals surface area contributed by atoms with Gasteiger partial charge in [-0.15, -0.1) is 0 Å². The number of fused-ring (bicyclic) bond motifs is 3. The topological polar surface area (TPSA) is 108 Å². The normalized spacial score (nSPS) is 10.9. The summed E-state index contributed by atoms with van der Waals surface area (Å²) in [5.74, 6) is -0.0993. The van der Waals surface area contributed by atoms with Gasteiger partial charge in [-0.25, -0.2) is 0 Å². The van der Waals surface area contributed by atoms with Crippen molar-refractivity contribution in [3.8, 4) is 5.75 Å². The molecule has 0 fully saturated rings. The quantitative estimate of drug-likeness (QED) is 0.431. The van der Waals surface area contributed by atoms with Gasteiger partial charge in [0.05, 0.1) is 29.5 Å². The molecule has 0 aliphatic carbocycles. The first kappa shape index (κ1) is 16.5. The number of nitrogens with one attached hydrogen (secondary N) is 1. The van der Waals surface area contributed by atoms with Crippen molar-refractivity contribution < 1.29 is 18.9 Å². The lowest BCUT2D eigenvalue weighted by atomic mass is 10.0. The molecule has 8 nitrogen and oxygen atoms in total. The number of carbonyl (C=O) groups excluding carboxylic acids is 1. The van der Waals surface area contributed by atoms with E-state index in [9.17, 15) is 14.9 Å². The monoisotopic (exact) mass is 363 g/mol. The number of nitro benzene ring substituents is 1. The van der Waals surface area contributed by atoms with E-state index in [1.807, 2.05) is 0 Å². The number of amides is 1. The molecule has 0 atom stereocenters. The first-order valence-corrected chi connectivity index (χ1v) is 7.97. The molecule has 0 spiro atoms. The molecule has 2 aromatic carbocycles. The summed E-state index contributed by atoms with van der Waals surface area (Å²) in [5, 5.41) is 14.8. The molecule has 0 bridgehead atoms. The number of aromatic nitrogens is 1. The van der Waals surface area contributed by atoms with Crippen LogP contribution in [0.15, 0.2) is 59.3 Å². The van der Waals surface area contributed by atoms with E-state index in [0.29, 0.717) is 33.4 Å². The molecule has 2 aromatic heterocycles. The highest BCUT2D eigenvalue weighted by Gasteiger charge is 2.22. The lowest BCUT2D eigenvalue weighted by Crippen LogP contribution is -2.13. The van der Waals surface area contributed by atoms with Crippen LogP contribution in [0.5, 0.6) is 5.75 Å². The number of anilines is 1. The molecular formula is C19H13N3O5. The number of nitrogens with zero attached hydrogens (tertiary/aromatic N) is 2. The van der Waals surface area contributed by atoms with Crippen molar-refractivity contribution in [2.45, 2.75) is 0 Å². The summed E-state index contributed by atoms with van der Waals surface area (Å²) in [6.45, 7) is 0. The van der Waals surface area contributed by atoms with Gasteiger partial charge in [-0.1, -0.05) is 0 Å². The van der Waals surface area contributed by atoms with Gasteiger partial charge >= 0.3 is 0 Å². The molecule has 1 amide bonds. The van der Waals surface area contributed by atoms with Crippen LogP contribution in [0.1, 0.15) is 10.4 Å². The Morgan fingerprint density at radius 3 is 2.74 bits per heavy atom. The average molecular weight is 363 g/mol.